The van der Waals surface area contributed by atoms with E-state index in [1.165, 1.54) is 0 Å². The molecular weight excluding hydrogens is 188 g/mol. The second-order valence-corrected chi connectivity index (χ2v) is 3.19. The summed E-state index contributed by atoms with van der Waals surface area (Å²) in [6.07, 6.45) is 6.34. The molecule has 0 aliphatic rings. The van der Waals surface area contributed by atoms with Crippen LogP contribution in [0.4, 0.5) is 0 Å². The summed E-state index contributed by atoms with van der Waals surface area (Å²) in [6.45, 7) is 2.85. The van der Waals surface area contributed by atoms with E-state index in [0.29, 0.717) is 0 Å². The first-order chi connectivity index (χ1) is 7.36. The van der Waals surface area contributed by atoms with Crippen molar-refractivity contribution >= 4 is 0 Å². The SMILES string of the molecule is CC/C=C/CCOc1ccc(OC)cc1. The molecule has 0 unspecified atom stereocenters. The van der Waals surface area contributed by atoms with Crippen molar-refractivity contribution in [1.29, 1.82) is 0 Å². The minimum absolute atomic E-state index is 0.725. The van der Waals surface area contributed by atoms with Crippen molar-refractivity contribution in [2.75, 3.05) is 13.7 Å². The molecule has 2 nitrogen and oxygen atoms in total. The molecular formula is C13H18O2. The van der Waals surface area contributed by atoms with E-state index in [9.17, 15) is 0 Å². The van der Waals surface area contributed by atoms with Gasteiger partial charge in [-0.2, -0.15) is 0 Å². The molecule has 1 rings (SSSR count). The lowest BCUT2D eigenvalue weighted by molar-refractivity contribution is 0.324. The van der Waals surface area contributed by atoms with Crippen LogP contribution in [0.1, 0.15) is 19.8 Å². The van der Waals surface area contributed by atoms with E-state index in [1.807, 2.05) is 24.3 Å². The first-order valence-electron chi connectivity index (χ1n) is 5.28. The summed E-state index contributed by atoms with van der Waals surface area (Å²) in [5, 5.41) is 0. The lowest BCUT2D eigenvalue weighted by Gasteiger charge is -2.05. The van der Waals surface area contributed by atoms with Gasteiger partial charge in [0, 0.05) is 0 Å². The predicted molar refractivity (Wildman–Crippen MR) is 62.5 cm³/mol. The molecule has 82 valence electrons. The largest absolute Gasteiger partial charge is 0.497 e. The minimum atomic E-state index is 0.725. The van der Waals surface area contributed by atoms with E-state index in [-0.39, 0.29) is 0 Å². The number of methoxy groups -OCH3 is 1. The Morgan fingerprint density at radius 3 is 2.33 bits per heavy atom. The van der Waals surface area contributed by atoms with Crippen LogP contribution in [0, 0.1) is 0 Å². The van der Waals surface area contributed by atoms with Gasteiger partial charge in [-0.05, 0) is 37.1 Å². The smallest absolute Gasteiger partial charge is 0.119 e. The molecule has 0 amide bonds. The summed E-state index contributed by atoms with van der Waals surface area (Å²) >= 11 is 0. The van der Waals surface area contributed by atoms with E-state index in [4.69, 9.17) is 9.47 Å². The van der Waals surface area contributed by atoms with Crippen molar-refractivity contribution in [3.8, 4) is 11.5 Å². The quantitative estimate of drug-likeness (QED) is 0.524. The fraction of sp³-hybridized carbons (Fsp3) is 0.385. The Kier molecular flexibility index (Phi) is 5.38. The normalized spacial score (nSPS) is 10.5. The van der Waals surface area contributed by atoms with Crippen LogP contribution in [-0.2, 0) is 0 Å². The summed E-state index contributed by atoms with van der Waals surface area (Å²) in [7, 11) is 1.66. The molecule has 0 aliphatic heterocycles. The van der Waals surface area contributed by atoms with Gasteiger partial charge in [0.1, 0.15) is 11.5 Å². The molecule has 0 spiro atoms. The van der Waals surface area contributed by atoms with Crippen molar-refractivity contribution in [3.63, 3.8) is 0 Å². The predicted octanol–water partition coefficient (Wildman–Crippen LogP) is 3.43. The third-order valence-corrected chi connectivity index (χ3v) is 2.02. The molecule has 2 heteroatoms. The van der Waals surface area contributed by atoms with E-state index < -0.39 is 0 Å². The fourth-order valence-electron chi connectivity index (χ4n) is 1.20. The Morgan fingerprint density at radius 2 is 1.73 bits per heavy atom. The third kappa shape index (κ3) is 4.54. The topological polar surface area (TPSA) is 18.5 Å². The molecule has 15 heavy (non-hydrogen) atoms. The van der Waals surface area contributed by atoms with E-state index >= 15 is 0 Å². The van der Waals surface area contributed by atoms with E-state index in [1.54, 1.807) is 7.11 Å². The second kappa shape index (κ2) is 6.93. The van der Waals surface area contributed by atoms with Gasteiger partial charge in [-0.15, -0.1) is 0 Å². The molecule has 0 saturated heterocycles. The molecule has 0 bridgehead atoms. The van der Waals surface area contributed by atoms with Crippen LogP contribution in [-0.4, -0.2) is 13.7 Å². The molecule has 0 atom stereocenters. The zero-order valence-corrected chi connectivity index (χ0v) is 9.40. The van der Waals surface area contributed by atoms with Crippen LogP contribution in [0.15, 0.2) is 36.4 Å². The molecule has 1 aromatic rings. The Bertz CT molecular complexity index is 288. The molecule has 0 saturated carbocycles. The summed E-state index contributed by atoms with van der Waals surface area (Å²) in [5.41, 5.74) is 0. The van der Waals surface area contributed by atoms with Crippen molar-refractivity contribution in [1.82, 2.24) is 0 Å². The average Bonchev–Trinajstić information content (AvgIpc) is 2.30. The maximum absolute atomic E-state index is 5.55. The van der Waals surface area contributed by atoms with Gasteiger partial charge in [0.05, 0.1) is 13.7 Å². The molecule has 1 aromatic carbocycles. The third-order valence-electron chi connectivity index (χ3n) is 2.02. The monoisotopic (exact) mass is 206 g/mol. The van der Waals surface area contributed by atoms with Crippen molar-refractivity contribution in [2.24, 2.45) is 0 Å². The van der Waals surface area contributed by atoms with Crippen LogP contribution in [0.2, 0.25) is 0 Å². The summed E-state index contributed by atoms with van der Waals surface area (Å²) in [6, 6.07) is 7.64. The second-order valence-electron chi connectivity index (χ2n) is 3.19. The van der Waals surface area contributed by atoms with Gasteiger partial charge in [0.25, 0.3) is 0 Å². The first kappa shape index (κ1) is 11.6. The molecule has 0 heterocycles. The molecule has 0 aliphatic carbocycles. The number of hydrogen-bond donors (Lipinski definition) is 0. The highest BCUT2D eigenvalue weighted by Crippen LogP contribution is 2.16. The zero-order chi connectivity index (χ0) is 10.9. The van der Waals surface area contributed by atoms with Crippen molar-refractivity contribution in [2.45, 2.75) is 19.8 Å². The van der Waals surface area contributed by atoms with Crippen molar-refractivity contribution < 1.29 is 9.47 Å². The Balaban J connectivity index is 2.28. The highest BCUT2D eigenvalue weighted by atomic mass is 16.5. The number of benzene rings is 1. The van der Waals surface area contributed by atoms with Crippen LogP contribution >= 0.6 is 0 Å². The van der Waals surface area contributed by atoms with Crippen LogP contribution in [0.25, 0.3) is 0 Å². The van der Waals surface area contributed by atoms with Gasteiger partial charge in [0.15, 0.2) is 0 Å². The summed E-state index contributed by atoms with van der Waals surface area (Å²) in [4.78, 5) is 0. The number of hydrogen-bond acceptors (Lipinski definition) is 2. The van der Waals surface area contributed by atoms with E-state index in [0.717, 1.165) is 30.9 Å². The van der Waals surface area contributed by atoms with Gasteiger partial charge in [-0.1, -0.05) is 19.1 Å². The summed E-state index contributed by atoms with van der Waals surface area (Å²) < 4.78 is 10.6. The maximum atomic E-state index is 5.55. The molecule has 0 N–H and O–H groups in total. The average molecular weight is 206 g/mol. The van der Waals surface area contributed by atoms with Crippen LogP contribution < -0.4 is 9.47 Å². The van der Waals surface area contributed by atoms with Crippen molar-refractivity contribution in [3.05, 3.63) is 36.4 Å². The Morgan fingerprint density at radius 1 is 1.07 bits per heavy atom. The van der Waals surface area contributed by atoms with Gasteiger partial charge >= 0.3 is 0 Å². The first-order valence-corrected chi connectivity index (χ1v) is 5.28. The molecule has 0 radical (unpaired) electrons. The van der Waals surface area contributed by atoms with Crippen LogP contribution in [0.5, 0.6) is 11.5 Å². The fourth-order valence-corrected chi connectivity index (χ4v) is 1.20. The van der Waals surface area contributed by atoms with Crippen LogP contribution in [0.3, 0.4) is 0 Å². The zero-order valence-electron chi connectivity index (χ0n) is 9.40. The van der Waals surface area contributed by atoms with Gasteiger partial charge in [-0.25, -0.2) is 0 Å². The summed E-state index contributed by atoms with van der Waals surface area (Å²) in [5.74, 6) is 1.74. The lowest BCUT2D eigenvalue weighted by Crippen LogP contribution is -1.95. The highest BCUT2D eigenvalue weighted by molar-refractivity contribution is 5.31. The highest BCUT2D eigenvalue weighted by Gasteiger charge is 1.93. The number of allylic oxidation sites excluding steroid dienone is 1. The minimum Gasteiger partial charge on any atom is -0.497 e. The van der Waals surface area contributed by atoms with Gasteiger partial charge < -0.3 is 9.47 Å². The van der Waals surface area contributed by atoms with Gasteiger partial charge in [-0.3, -0.25) is 0 Å². The van der Waals surface area contributed by atoms with Gasteiger partial charge in [0.2, 0.25) is 0 Å². The maximum Gasteiger partial charge on any atom is 0.119 e. The Labute approximate surface area is 91.5 Å². The Hall–Kier alpha value is -1.44. The molecule has 0 fully saturated rings. The molecule has 0 aromatic heterocycles. The van der Waals surface area contributed by atoms with E-state index in [2.05, 4.69) is 19.1 Å². The number of ether oxygens (including phenoxy) is 2. The number of rotatable bonds is 6. The standard InChI is InChI=1S/C13H18O2/c1-3-4-5-6-11-15-13-9-7-12(14-2)8-10-13/h4-5,7-10H,3,6,11H2,1-2H3/b5-4+. The lowest BCUT2D eigenvalue weighted by atomic mass is 10.3.